The summed E-state index contributed by atoms with van der Waals surface area (Å²) in [5, 5.41) is 4.96. The molecule has 30 heavy (non-hydrogen) atoms. The molecule has 0 spiro atoms. The first-order valence-corrected chi connectivity index (χ1v) is 8.78. The van der Waals surface area contributed by atoms with Crippen molar-refractivity contribution in [3.8, 4) is 0 Å². The molecule has 0 saturated carbocycles. The number of nitrogens with one attached hydrogen (secondary N) is 2. The molecule has 1 aliphatic heterocycles. The monoisotopic (exact) mass is 417 g/mol. The third kappa shape index (κ3) is 4.27. The number of hydrogen-bond acceptors (Lipinski definition) is 5. The molecule has 10 heteroatoms. The van der Waals surface area contributed by atoms with E-state index in [1.54, 1.807) is 32.0 Å². The zero-order valence-electron chi connectivity index (χ0n) is 16.0. The van der Waals surface area contributed by atoms with E-state index in [0.717, 1.165) is 17.1 Å². The van der Waals surface area contributed by atoms with Gasteiger partial charge in [0.15, 0.2) is 0 Å². The van der Waals surface area contributed by atoms with Gasteiger partial charge in [-0.2, -0.15) is 23.3 Å². The highest BCUT2D eigenvalue weighted by Crippen LogP contribution is 2.33. The van der Waals surface area contributed by atoms with Crippen LogP contribution in [0.1, 0.15) is 29.8 Å². The molecule has 1 heterocycles. The number of rotatable bonds is 4. The predicted molar refractivity (Wildman–Crippen MR) is 106 cm³/mol. The van der Waals surface area contributed by atoms with Crippen LogP contribution in [-0.4, -0.2) is 17.5 Å². The summed E-state index contributed by atoms with van der Waals surface area (Å²) in [5.74, 6) is -1.09. The van der Waals surface area contributed by atoms with E-state index in [4.69, 9.17) is 5.73 Å². The standard InChI is InChI=1S/C20H18F3N5O2/c1-11(25-26-18(29)13-5-3-7-15(24)9-13)17-12(2)27-28(19(17)30)16-8-4-6-14(10-16)20(21,22)23/h3-10,25H,24H2,1-2H3,(H,26,29)/b17-11-. The van der Waals surface area contributed by atoms with Crippen LogP contribution in [-0.2, 0) is 11.0 Å². The van der Waals surface area contributed by atoms with Crippen molar-refractivity contribution in [3.63, 3.8) is 0 Å². The second-order valence-corrected chi connectivity index (χ2v) is 6.56. The minimum Gasteiger partial charge on any atom is -0.399 e. The van der Waals surface area contributed by atoms with Crippen LogP contribution in [0.2, 0.25) is 0 Å². The first-order valence-electron chi connectivity index (χ1n) is 8.78. The smallest absolute Gasteiger partial charge is 0.399 e. The lowest BCUT2D eigenvalue weighted by Crippen LogP contribution is -2.37. The molecule has 2 aromatic rings. The van der Waals surface area contributed by atoms with Crippen molar-refractivity contribution in [2.24, 2.45) is 5.10 Å². The van der Waals surface area contributed by atoms with Crippen molar-refractivity contribution in [2.45, 2.75) is 20.0 Å². The number of anilines is 2. The third-order valence-electron chi connectivity index (χ3n) is 4.32. The van der Waals surface area contributed by atoms with Crippen molar-refractivity contribution in [2.75, 3.05) is 10.7 Å². The zero-order chi connectivity index (χ0) is 22.1. The van der Waals surface area contributed by atoms with E-state index in [0.29, 0.717) is 17.0 Å². The van der Waals surface area contributed by atoms with E-state index in [-0.39, 0.29) is 17.0 Å². The highest BCUT2D eigenvalue weighted by molar-refractivity contribution is 6.30. The van der Waals surface area contributed by atoms with Crippen molar-refractivity contribution < 1.29 is 22.8 Å². The maximum Gasteiger partial charge on any atom is 0.416 e. The molecule has 0 radical (unpaired) electrons. The normalized spacial score (nSPS) is 15.7. The number of hydrogen-bond donors (Lipinski definition) is 3. The van der Waals surface area contributed by atoms with Gasteiger partial charge in [-0.15, -0.1) is 0 Å². The van der Waals surface area contributed by atoms with Crippen LogP contribution in [0.5, 0.6) is 0 Å². The number of nitrogens with zero attached hydrogens (tertiary/aromatic N) is 2. The summed E-state index contributed by atoms with van der Waals surface area (Å²) in [6.07, 6.45) is -4.54. The summed E-state index contributed by atoms with van der Waals surface area (Å²) in [4.78, 5) is 25.0. The number of halogens is 3. The maximum atomic E-state index is 13.0. The number of amides is 2. The second-order valence-electron chi connectivity index (χ2n) is 6.56. The third-order valence-corrected chi connectivity index (χ3v) is 4.32. The van der Waals surface area contributed by atoms with Gasteiger partial charge >= 0.3 is 6.18 Å². The Balaban J connectivity index is 1.79. The van der Waals surface area contributed by atoms with Crippen molar-refractivity contribution in [3.05, 3.63) is 70.9 Å². The van der Waals surface area contributed by atoms with Crippen molar-refractivity contribution in [1.29, 1.82) is 0 Å². The lowest BCUT2D eigenvalue weighted by atomic mass is 10.1. The van der Waals surface area contributed by atoms with E-state index >= 15 is 0 Å². The number of alkyl halides is 3. The molecule has 2 aromatic carbocycles. The number of allylic oxidation sites excluding steroid dienone is 1. The highest BCUT2D eigenvalue weighted by Gasteiger charge is 2.34. The van der Waals surface area contributed by atoms with Gasteiger partial charge in [0, 0.05) is 16.9 Å². The largest absolute Gasteiger partial charge is 0.416 e. The lowest BCUT2D eigenvalue weighted by molar-refractivity contribution is -0.137. The Morgan fingerprint density at radius 1 is 1.10 bits per heavy atom. The molecule has 4 N–H and O–H groups in total. The number of nitrogens with two attached hydrogens (primary N) is 1. The van der Waals surface area contributed by atoms with Crippen LogP contribution in [0.4, 0.5) is 24.5 Å². The van der Waals surface area contributed by atoms with Crippen molar-refractivity contribution >= 4 is 28.9 Å². The zero-order valence-corrected chi connectivity index (χ0v) is 16.0. The fourth-order valence-electron chi connectivity index (χ4n) is 2.89. The summed E-state index contributed by atoms with van der Waals surface area (Å²) in [6.45, 7) is 3.09. The van der Waals surface area contributed by atoms with Crippen LogP contribution in [0.3, 0.4) is 0 Å². The number of benzene rings is 2. The lowest BCUT2D eigenvalue weighted by Gasteiger charge is -2.15. The highest BCUT2D eigenvalue weighted by atomic mass is 19.4. The van der Waals surface area contributed by atoms with E-state index in [9.17, 15) is 22.8 Å². The fraction of sp³-hybridized carbons (Fsp3) is 0.150. The average Bonchev–Trinajstić information content (AvgIpc) is 2.99. The number of hydrazone groups is 1. The minimum atomic E-state index is -4.54. The van der Waals surface area contributed by atoms with E-state index < -0.39 is 23.6 Å². The summed E-state index contributed by atoms with van der Waals surface area (Å²) < 4.78 is 38.9. The summed E-state index contributed by atoms with van der Waals surface area (Å²) in [6, 6.07) is 10.6. The molecule has 0 atom stereocenters. The van der Waals surface area contributed by atoms with Gasteiger partial charge in [0.25, 0.3) is 11.8 Å². The van der Waals surface area contributed by atoms with Gasteiger partial charge in [0.1, 0.15) is 0 Å². The molecular formula is C20H18F3N5O2. The fourth-order valence-corrected chi connectivity index (χ4v) is 2.89. The number of carbonyl (C=O) groups excluding carboxylic acids is 2. The Kier molecular flexibility index (Phi) is 5.50. The first kappa shape index (κ1) is 20.9. The summed E-state index contributed by atoms with van der Waals surface area (Å²) >= 11 is 0. The van der Waals surface area contributed by atoms with Gasteiger partial charge in [-0.3, -0.25) is 15.0 Å². The summed E-state index contributed by atoms with van der Waals surface area (Å²) in [5.41, 5.74) is 11.3. The Morgan fingerprint density at radius 2 is 1.80 bits per heavy atom. The molecule has 0 fully saturated rings. The van der Waals surface area contributed by atoms with E-state index in [2.05, 4.69) is 16.0 Å². The van der Waals surface area contributed by atoms with Crippen LogP contribution in [0.15, 0.2) is 64.9 Å². The number of hydrazine groups is 1. The Hall–Kier alpha value is -3.82. The number of nitrogen functional groups attached to an aromatic ring is 1. The van der Waals surface area contributed by atoms with Gasteiger partial charge in [-0.25, -0.2) is 0 Å². The van der Waals surface area contributed by atoms with Gasteiger partial charge in [-0.1, -0.05) is 12.1 Å². The molecule has 0 aromatic heterocycles. The van der Waals surface area contributed by atoms with Crippen LogP contribution < -0.4 is 21.6 Å². The Bertz CT molecular complexity index is 1080. The summed E-state index contributed by atoms with van der Waals surface area (Å²) in [7, 11) is 0. The van der Waals surface area contributed by atoms with Gasteiger partial charge in [0.05, 0.1) is 22.5 Å². The minimum absolute atomic E-state index is 0.0132. The van der Waals surface area contributed by atoms with E-state index in [1.165, 1.54) is 18.2 Å². The molecule has 3 rings (SSSR count). The van der Waals surface area contributed by atoms with Gasteiger partial charge in [0.2, 0.25) is 0 Å². The molecular weight excluding hydrogens is 399 g/mol. The Labute approximate surface area is 170 Å². The average molecular weight is 417 g/mol. The molecule has 0 unspecified atom stereocenters. The van der Waals surface area contributed by atoms with E-state index in [1.807, 2.05) is 0 Å². The topological polar surface area (TPSA) is 99.8 Å². The molecule has 156 valence electrons. The maximum absolute atomic E-state index is 13.0. The number of carbonyl (C=O) groups is 2. The van der Waals surface area contributed by atoms with Gasteiger partial charge < -0.3 is 11.2 Å². The van der Waals surface area contributed by atoms with Crippen LogP contribution in [0.25, 0.3) is 0 Å². The molecule has 0 saturated heterocycles. The molecule has 2 amide bonds. The van der Waals surface area contributed by atoms with Crippen molar-refractivity contribution in [1.82, 2.24) is 10.9 Å². The van der Waals surface area contributed by atoms with Crippen LogP contribution in [0, 0.1) is 0 Å². The second kappa shape index (κ2) is 7.90. The molecule has 0 bridgehead atoms. The predicted octanol–water partition coefficient (Wildman–Crippen LogP) is 3.22. The SMILES string of the molecule is CC1=NN(c2cccc(C(F)(F)F)c2)C(=O)/C1=C(/C)NNC(=O)c1cccc(N)c1. The molecule has 7 nitrogen and oxygen atoms in total. The quantitative estimate of drug-likeness (QED) is 0.404. The first-order chi connectivity index (χ1) is 14.1. The molecule has 0 aliphatic carbocycles. The van der Waals surface area contributed by atoms with Crippen LogP contribution >= 0.6 is 0 Å². The Morgan fingerprint density at radius 3 is 2.47 bits per heavy atom. The van der Waals surface area contributed by atoms with Gasteiger partial charge in [-0.05, 0) is 50.2 Å². The molecule has 1 aliphatic rings.